The molecule has 1 N–H and O–H groups in total. The number of anilines is 1. The van der Waals surface area contributed by atoms with Crippen LogP contribution in [0.5, 0.6) is 23.1 Å². The van der Waals surface area contributed by atoms with Gasteiger partial charge in [0, 0.05) is 28.2 Å². The van der Waals surface area contributed by atoms with Crippen LogP contribution in [0.15, 0.2) is 76.0 Å². The molecule has 0 bridgehead atoms. The summed E-state index contributed by atoms with van der Waals surface area (Å²) in [6.45, 7) is 0.826. The van der Waals surface area contributed by atoms with Crippen LogP contribution in [-0.4, -0.2) is 28.5 Å². The van der Waals surface area contributed by atoms with Crippen LogP contribution in [0.4, 0.5) is 5.69 Å². The maximum atomic E-state index is 13.5. The quantitative estimate of drug-likeness (QED) is 0.367. The number of ether oxygens (including phenoxy) is 3. The van der Waals surface area contributed by atoms with E-state index in [1.54, 1.807) is 22.9 Å². The summed E-state index contributed by atoms with van der Waals surface area (Å²) in [7, 11) is 0. The van der Waals surface area contributed by atoms with Gasteiger partial charge in [-0.05, 0) is 42.5 Å². The second-order valence-electron chi connectivity index (χ2n) is 8.23. The van der Waals surface area contributed by atoms with E-state index in [-0.39, 0.29) is 18.0 Å². The SMILES string of the molecule is O=C(Cn1c2c(c(=O)n1-c1ccccc1)Cc1cc(Br)ccc1O2)Nc1ccc2c(c1)OCCO2. The minimum absolute atomic E-state index is 0.125. The van der Waals surface area contributed by atoms with Gasteiger partial charge in [-0.3, -0.25) is 9.59 Å². The summed E-state index contributed by atoms with van der Waals surface area (Å²) in [6, 6.07) is 20.1. The van der Waals surface area contributed by atoms with Crippen molar-refractivity contribution in [3.8, 4) is 28.8 Å². The maximum absolute atomic E-state index is 13.5. The Morgan fingerprint density at radius 2 is 1.71 bits per heavy atom. The van der Waals surface area contributed by atoms with Crippen molar-refractivity contribution in [3.05, 3.63) is 92.7 Å². The lowest BCUT2D eigenvalue weighted by Crippen LogP contribution is -2.27. The smallest absolute Gasteiger partial charge is 0.278 e. The molecular weight excluding hydrogens is 514 g/mol. The molecule has 9 heteroatoms. The number of rotatable bonds is 4. The van der Waals surface area contributed by atoms with Gasteiger partial charge in [-0.2, -0.15) is 0 Å². The maximum Gasteiger partial charge on any atom is 0.278 e. The summed E-state index contributed by atoms with van der Waals surface area (Å²) in [6.07, 6.45) is 0.409. The molecule has 0 saturated carbocycles. The second-order valence-corrected chi connectivity index (χ2v) is 9.15. The molecule has 3 aromatic carbocycles. The molecule has 0 saturated heterocycles. The minimum atomic E-state index is -0.311. The van der Waals surface area contributed by atoms with Gasteiger partial charge in [0.15, 0.2) is 11.5 Å². The summed E-state index contributed by atoms with van der Waals surface area (Å²) in [5.41, 5.74) is 2.41. The molecule has 2 aliphatic heterocycles. The van der Waals surface area contributed by atoms with Gasteiger partial charge < -0.3 is 19.5 Å². The Bertz CT molecular complexity index is 1510. The van der Waals surface area contributed by atoms with Crippen LogP contribution in [0.3, 0.4) is 0 Å². The lowest BCUT2D eigenvalue weighted by Gasteiger charge is -2.20. The van der Waals surface area contributed by atoms with Gasteiger partial charge in [-0.25, -0.2) is 9.36 Å². The first-order valence-electron chi connectivity index (χ1n) is 11.1. The third kappa shape index (κ3) is 3.97. The Morgan fingerprint density at radius 3 is 2.54 bits per heavy atom. The average molecular weight is 534 g/mol. The topological polar surface area (TPSA) is 83.7 Å². The molecule has 0 aliphatic carbocycles. The fourth-order valence-electron chi connectivity index (χ4n) is 4.35. The van der Waals surface area contributed by atoms with E-state index >= 15 is 0 Å². The lowest BCUT2D eigenvalue weighted by atomic mass is 10.0. The zero-order valence-electron chi connectivity index (χ0n) is 18.5. The average Bonchev–Trinajstić information content (AvgIpc) is 3.13. The molecule has 35 heavy (non-hydrogen) atoms. The number of halogens is 1. The number of aromatic nitrogens is 2. The van der Waals surface area contributed by atoms with Crippen molar-refractivity contribution in [2.24, 2.45) is 0 Å². The van der Waals surface area contributed by atoms with Crippen LogP contribution in [0.25, 0.3) is 5.69 Å². The Labute approximate surface area is 208 Å². The monoisotopic (exact) mass is 533 g/mol. The molecule has 176 valence electrons. The molecule has 8 nitrogen and oxygen atoms in total. The van der Waals surface area contributed by atoms with Gasteiger partial charge in [0.2, 0.25) is 11.8 Å². The number of nitrogens with zero attached hydrogens (tertiary/aromatic N) is 2. The van der Waals surface area contributed by atoms with Crippen molar-refractivity contribution in [3.63, 3.8) is 0 Å². The van der Waals surface area contributed by atoms with Crippen LogP contribution in [0, 0.1) is 0 Å². The number of hydrogen-bond donors (Lipinski definition) is 1. The van der Waals surface area contributed by atoms with Gasteiger partial charge in [0.25, 0.3) is 5.56 Å². The van der Waals surface area contributed by atoms with Crippen molar-refractivity contribution in [1.29, 1.82) is 0 Å². The highest BCUT2D eigenvalue weighted by molar-refractivity contribution is 9.10. The van der Waals surface area contributed by atoms with Crippen LogP contribution in [0.1, 0.15) is 11.1 Å². The Balaban J connectivity index is 1.37. The summed E-state index contributed by atoms with van der Waals surface area (Å²) < 4.78 is 21.3. The number of nitrogens with one attached hydrogen (secondary N) is 1. The van der Waals surface area contributed by atoms with Crippen molar-refractivity contribution in [2.75, 3.05) is 18.5 Å². The molecule has 1 amide bonds. The predicted molar refractivity (Wildman–Crippen MR) is 133 cm³/mol. The third-order valence-electron chi connectivity index (χ3n) is 5.90. The van der Waals surface area contributed by atoms with Gasteiger partial charge in [-0.1, -0.05) is 34.1 Å². The second kappa shape index (κ2) is 8.66. The van der Waals surface area contributed by atoms with E-state index in [1.165, 1.54) is 4.68 Å². The number of carbonyl (C=O) groups excluding carboxylic acids is 1. The summed E-state index contributed by atoms with van der Waals surface area (Å²) in [5.74, 6) is 1.94. The molecular formula is C26H20BrN3O5. The van der Waals surface area contributed by atoms with E-state index in [9.17, 15) is 9.59 Å². The van der Waals surface area contributed by atoms with Gasteiger partial charge in [0.05, 0.1) is 11.3 Å². The molecule has 0 fully saturated rings. The van der Waals surface area contributed by atoms with Gasteiger partial charge >= 0.3 is 0 Å². The van der Waals surface area contributed by atoms with Crippen molar-refractivity contribution < 1.29 is 19.0 Å². The standard InChI is InChI=1S/C26H20BrN3O5/c27-17-6-8-21-16(12-17)13-20-25(32)30(19-4-2-1-3-5-19)29(26(20)35-21)15-24(31)28-18-7-9-22-23(14-18)34-11-10-33-22/h1-9,12,14H,10-11,13,15H2,(H,28,31). The summed E-state index contributed by atoms with van der Waals surface area (Å²) in [5, 5.41) is 2.89. The highest BCUT2D eigenvalue weighted by atomic mass is 79.9. The fraction of sp³-hybridized carbons (Fsp3) is 0.154. The lowest BCUT2D eigenvalue weighted by molar-refractivity contribution is -0.117. The molecule has 1 aromatic heterocycles. The van der Waals surface area contributed by atoms with E-state index in [0.717, 1.165) is 10.0 Å². The van der Waals surface area contributed by atoms with Crippen molar-refractivity contribution >= 4 is 27.5 Å². The van der Waals surface area contributed by atoms with Crippen LogP contribution >= 0.6 is 15.9 Å². The number of amides is 1. The first kappa shape index (κ1) is 21.5. The Kier molecular flexibility index (Phi) is 5.33. The summed E-state index contributed by atoms with van der Waals surface area (Å²) in [4.78, 5) is 26.7. The van der Waals surface area contributed by atoms with E-state index in [1.807, 2.05) is 48.5 Å². The van der Waals surface area contributed by atoms with E-state index in [4.69, 9.17) is 14.2 Å². The third-order valence-corrected chi connectivity index (χ3v) is 6.39. The predicted octanol–water partition coefficient (Wildman–Crippen LogP) is 4.51. The molecule has 6 rings (SSSR count). The molecule has 3 heterocycles. The van der Waals surface area contributed by atoms with Crippen LogP contribution in [0.2, 0.25) is 0 Å². The number of hydrogen-bond acceptors (Lipinski definition) is 5. The highest BCUT2D eigenvalue weighted by Gasteiger charge is 2.29. The number of para-hydroxylation sites is 1. The number of carbonyl (C=O) groups is 1. The van der Waals surface area contributed by atoms with E-state index < -0.39 is 0 Å². The zero-order valence-corrected chi connectivity index (χ0v) is 20.1. The Morgan fingerprint density at radius 1 is 0.943 bits per heavy atom. The molecule has 4 aromatic rings. The van der Waals surface area contributed by atoms with Crippen LogP contribution < -0.4 is 25.1 Å². The van der Waals surface area contributed by atoms with Gasteiger partial charge in [0.1, 0.15) is 25.5 Å². The first-order valence-corrected chi connectivity index (χ1v) is 11.9. The highest BCUT2D eigenvalue weighted by Crippen LogP contribution is 2.37. The van der Waals surface area contributed by atoms with E-state index in [0.29, 0.717) is 59.7 Å². The molecule has 0 radical (unpaired) electrons. The zero-order chi connectivity index (χ0) is 23.9. The number of fused-ring (bicyclic) bond motifs is 3. The first-order chi connectivity index (χ1) is 17.1. The van der Waals surface area contributed by atoms with Crippen LogP contribution in [-0.2, 0) is 17.8 Å². The molecule has 0 atom stereocenters. The molecule has 0 spiro atoms. The van der Waals surface area contributed by atoms with Crippen molar-refractivity contribution in [2.45, 2.75) is 13.0 Å². The summed E-state index contributed by atoms with van der Waals surface area (Å²) >= 11 is 3.48. The fourth-order valence-corrected chi connectivity index (χ4v) is 4.76. The molecule has 2 aliphatic rings. The minimum Gasteiger partial charge on any atom is -0.486 e. The van der Waals surface area contributed by atoms with Crippen molar-refractivity contribution in [1.82, 2.24) is 9.36 Å². The van der Waals surface area contributed by atoms with E-state index in [2.05, 4.69) is 21.2 Å². The number of benzene rings is 3. The van der Waals surface area contributed by atoms with Gasteiger partial charge in [-0.15, -0.1) is 0 Å². The normalized spacial score (nSPS) is 13.4. The molecule has 0 unspecified atom stereocenters. The Hall–Kier alpha value is -3.98. The largest absolute Gasteiger partial charge is 0.486 e.